The molecule has 2 rings (SSSR count). The number of aromatic nitrogens is 3. The molecule has 0 aliphatic heterocycles. The zero-order valence-corrected chi connectivity index (χ0v) is 16.3. The average Bonchev–Trinajstić information content (AvgIpc) is 3.11. The highest BCUT2D eigenvalue weighted by Crippen LogP contribution is 2.25. The predicted octanol–water partition coefficient (Wildman–Crippen LogP) is 3.18. The van der Waals surface area contributed by atoms with Gasteiger partial charge in [-0.05, 0) is 52.0 Å². The maximum Gasteiger partial charge on any atom is 0.250 e. The highest BCUT2D eigenvalue weighted by Gasteiger charge is 2.34. The van der Waals surface area contributed by atoms with Crippen LogP contribution in [-0.4, -0.2) is 46.0 Å². The number of rotatable bonds is 8. The van der Waals surface area contributed by atoms with Gasteiger partial charge >= 0.3 is 0 Å². The van der Waals surface area contributed by atoms with Crippen molar-refractivity contribution >= 4 is 17.7 Å². The molecule has 1 aromatic heterocycles. The molecule has 25 heavy (non-hydrogen) atoms. The number of thioether (sulfide) groups is 1. The zero-order valence-electron chi connectivity index (χ0n) is 15.5. The van der Waals surface area contributed by atoms with Crippen LogP contribution < -0.4 is 4.74 Å². The van der Waals surface area contributed by atoms with Gasteiger partial charge in [-0.1, -0.05) is 5.21 Å². The van der Waals surface area contributed by atoms with E-state index in [1.807, 2.05) is 63.1 Å². The standard InChI is InChI=1S/C18H26N4O2S/c1-6-21(7-2)17(23)18(3,4)22-12-14(19-20-22)13-25-16-10-8-15(24-5)9-11-16/h8-12H,6-7,13H2,1-5H3. The number of methoxy groups -OCH3 is 1. The van der Waals surface area contributed by atoms with Gasteiger partial charge in [0.1, 0.15) is 11.3 Å². The van der Waals surface area contributed by atoms with Crippen LogP contribution in [-0.2, 0) is 16.1 Å². The summed E-state index contributed by atoms with van der Waals surface area (Å²) in [7, 11) is 1.65. The molecule has 1 amide bonds. The summed E-state index contributed by atoms with van der Waals surface area (Å²) in [5.74, 6) is 1.59. The van der Waals surface area contributed by atoms with E-state index in [-0.39, 0.29) is 5.91 Å². The summed E-state index contributed by atoms with van der Waals surface area (Å²) in [6.07, 6.45) is 1.86. The van der Waals surface area contributed by atoms with Gasteiger partial charge in [0.25, 0.3) is 0 Å². The third-order valence-corrected chi connectivity index (χ3v) is 5.18. The van der Waals surface area contributed by atoms with E-state index in [0.717, 1.165) is 16.3 Å². The fourth-order valence-electron chi connectivity index (χ4n) is 2.46. The van der Waals surface area contributed by atoms with Gasteiger partial charge < -0.3 is 9.64 Å². The maximum atomic E-state index is 12.7. The second kappa shape index (κ2) is 8.38. The monoisotopic (exact) mass is 362 g/mol. The number of nitrogens with zero attached hydrogens (tertiary/aromatic N) is 4. The Labute approximate surface area is 153 Å². The first-order chi connectivity index (χ1) is 11.9. The van der Waals surface area contributed by atoms with Gasteiger partial charge in [0.2, 0.25) is 5.91 Å². The summed E-state index contributed by atoms with van der Waals surface area (Å²) in [4.78, 5) is 15.6. The molecule has 0 fully saturated rings. The summed E-state index contributed by atoms with van der Waals surface area (Å²) >= 11 is 1.67. The second-order valence-electron chi connectivity index (χ2n) is 6.16. The van der Waals surface area contributed by atoms with Crippen molar-refractivity contribution in [2.75, 3.05) is 20.2 Å². The molecule has 1 heterocycles. The lowest BCUT2D eigenvalue weighted by atomic mass is 10.0. The summed E-state index contributed by atoms with van der Waals surface area (Å²) < 4.78 is 6.83. The molecule has 0 saturated carbocycles. The molecular weight excluding hydrogens is 336 g/mol. The summed E-state index contributed by atoms with van der Waals surface area (Å²) in [5, 5.41) is 8.41. The molecule has 1 aromatic carbocycles. The minimum absolute atomic E-state index is 0.0526. The van der Waals surface area contributed by atoms with Crippen LogP contribution in [0.15, 0.2) is 35.4 Å². The van der Waals surface area contributed by atoms with Crippen molar-refractivity contribution in [3.8, 4) is 5.75 Å². The summed E-state index contributed by atoms with van der Waals surface area (Å²) in [6.45, 7) is 9.10. The van der Waals surface area contributed by atoms with Crippen molar-refractivity contribution in [1.82, 2.24) is 19.9 Å². The van der Waals surface area contributed by atoms with Gasteiger partial charge in [-0.2, -0.15) is 0 Å². The van der Waals surface area contributed by atoms with Gasteiger partial charge in [-0.15, -0.1) is 16.9 Å². The van der Waals surface area contributed by atoms with Gasteiger partial charge in [-0.25, -0.2) is 4.68 Å². The van der Waals surface area contributed by atoms with Gasteiger partial charge in [0, 0.05) is 23.7 Å². The molecule has 0 aliphatic rings. The van der Waals surface area contributed by atoms with Crippen LogP contribution in [0.3, 0.4) is 0 Å². The second-order valence-corrected chi connectivity index (χ2v) is 7.20. The highest BCUT2D eigenvalue weighted by molar-refractivity contribution is 7.98. The number of benzene rings is 1. The molecule has 0 atom stereocenters. The molecule has 0 N–H and O–H groups in total. The van der Waals surface area contributed by atoms with Crippen LogP contribution in [0.2, 0.25) is 0 Å². The number of amides is 1. The quantitative estimate of drug-likeness (QED) is 0.675. The lowest BCUT2D eigenvalue weighted by molar-refractivity contribution is -0.139. The third kappa shape index (κ3) is 4.54. The maximum absolute atomic E-state index is 12.7. The van der Waals surface area contributed by atoms with E-state index < -0.39 is 5.54 Å². The molecule has 0 unspecified atom stereocenters. The molecule has 0 radical (unpaired) electrons. The largest absolute Gasteiger partial charge is 0.497 e. The molecule has 0 aliphatic carbocycles. The fraction of sp³-hybridized carbons (Fsp3) is 0.500. The third-order valence-electron chi connectivity index (χ3n) is 4.13. The van der Waals surface area contributed by atoms with Gasteiger partial charge in [-0.3, -0.25) is 4.79 Å². The van der Waals surface area contributed by atoms with E-state index >= 15 is 0 Å². The Kier molecular flexibility index (Phi) is 6.47. The molecular formula is C18H26N4O2S. The van der Waals surface area contributed by atoms with E-state index in [1.165, 1.54) is 0 Å². The SMILES string of the molecule is CCN(CC)C(=O)C(C)(C)n1cc(CSc2ccc(OC)cc2)nn1. The van der Waals surface area contributed by atoms with Crippen LogP contribution in [0.1, 0.15) is 33.4 Å². The van der Waals surface area contributed by atoms with E-state index in [2.05, 4.69) is 10.3 Å². The first-order valence-corrected chi connectivity index (χ1v) is 9.38. The van der Waals surface area contributed by atoms with E-state index in [9.17, 15) is 4.79 Å². The Morgan fingerprint density at radius 2 is 1.88 bits per heavy atom. The molecule has 0 saturated heterocycles. The smallest absolute Gasteiger partial charge is 0.250 e. The normalized spacial score (nSPS) is 11.4. The summed E-state index contributed by atoms with van der Waals surface area (Å²) in [5.41, 5.74) is 0.100. The van der Waals surface area contributed by atoms with Crippen LogP contribution in [0.4, 0.5) is 0 Å². The van der Waals surface area contributed by atoms with Crippen molar-refractivity contribution in [2.24, 2.45) is 0 Å². The molecule has 2 aromatic rings. The predicted molar refractivity (Wildman–Crippen MR) is 99.8 cm³/mol. The highest BCUT2D eigenvalue weighted by atomic mass is 32.2. The molecule has 0 spiro atoms. The number of hydrogen-bond acceptors (Lipinski definition) is 5. The van der Waals surface area contributed by atoms with Crippen molar-refractivity contribution < 1.29 is 9.53 Å². The van der Waals surface area contributed by atoms with Crippen LogP contribution in [0.5, 0.6) is 5.75 Å². The Balaban J connectivity index is 2.04. The van der Waals surface area contributed by atoms with Gasteiger partial charge in [0.15, 0.2) is 0 Å². The minimum Gasteiger partial charge on any atom is -0.497 e. The zero-order chi connectivity index (χ0) is 18.4. The Morgan fingerprint density at radius 3 is 2.44 bits per heavy atom. The number of carbonyl (C=O) groups is 1. The lowest BCUT2D eigenvalue weighted by Gasteiger charge is -2.30. The first-order valence-electron chi connectivity index (χ1n) is 8.40. The topological polar surface area (TPSA) is 60.2 Å². The van der Waals surface area contributed by atoms with Crippen LogP contribution in [0, 0.1) is 0 Å². The van der Waals surface area contributed by atoms with Crippen LogP contribution in [0.25, 0.3) is 0 Å². The molecule has 7 heteroatoms. The lowest BCUT2D eigenvalue weighted by Crippen LogP contribution is -2.47. The van der Waals surface area contributed by atoms with Crippen molar-refractivity contribution in [1.29, 1.82) is 0 Å². The van der Waals surface area contributed by atoms with E-state index in [1.54, 1.807) is 23.6 Å². The summed E-state index contributed by atoms with van der Waals surface area (Å²) in [6, 6.07) is 7.90. The fourth-order valence-corrected chi connectivity index (χ4v) is 3.24. The van der Waals surface area contributed by atoms with Gasteiger partial charge in [0.05, 0.1) is 19.0 Å². The minimum atomic E-state index is -0.748. The number of ether oxygens (including phenoxy) is 1. The first kappa shape index (κ1) is 19.3. The molecule has 136 valence electrons. The number of likely N-dealkylation sites (N-methyl/N-ethyl adjacent to an activating group) is 1. The Hall–Kier alpha value is -2.02. The average molecular weight is 362 g/mol. The van der Waals surface area contributed by atoms with Crippen LogP contribution >= 0.6 is 11.8 Å². The van der Waals surface area contributed by atoms with E-state index in [0.29, 0.717) is 18.8 Å². The molecule has 6 nitrogen and oxygen atoms in total. The molecule has 0 bridgehead atoms. The number of hydrogen-bond donors (Lipinski definition) is 0. The van der Waals surface area contributed by atoms with Crippen molar-refractivity contribution in [3.63, 3.8) is 0 Å². The number of carbonyl (C=O) groups excluding carboxylic acids is 1. The Bertz CT molecular complexity index is 693. The van der Waals surface area contributed by atoms with Crippen molar-refractivity contribution in [2.45, 2.75) is 43.9 Å². The van der Waals surface area contributed by atoms with Crippen molar-refractivity contribution in [3.05, 3.63) is 36.2 Å². The van der Waals surface area contributed by atoms with E-state index in [4.69, 9.17) is 4.74 Å². The Morgan fingerprint density at radius 1 is 1.24 bits per heavy atom.